The molecule has 1 aliphatic heterocycles. The Morgan fingerprint density at radius 2 is 1.87 bits per heavy atom. The zero-order valence-corrected chi connectivity index (χ0v) is 21.9. The lowest BCUT2D eigenvalue weighted by Crippen LogP contribution is -2.46. The van der Waals surface area contributed by atoms with Gasteiger partial charge in [-0.15, -0.1) is 5.10 Å². The monoisotopic (exact) mass is 547 g/mol. The molecule has 1 saturated carbocycles. The number of rotatable bonds is 6. The first-order valence-corrected chi connectivity index (χ1v) is 13.4. The molecular formula is C28H27ClFN7O2. The Kier molecular flexibility index (Phi) is 6.74. The zero-order valence-electron chi connectivity index (χ0n) is 21.1. The molecule has 1 aliphatic carbocycles. The van der Waals surface area contributed by atoms with Crippen LogP contribution in [0.4, 0.5) is 4.39 Å². The third kappa shape index (κ3) is 5.22. The first kappa shape index (κ1) is 25.4. The fourth-order valence-corrected chi connectivity index (χ4v) is 5.19. The van der Waals surface area contributed by atoms with Crippen molar-refractivity contribution in [3.63, 3.8) is 0 Å². The predicted octanol–water partition coefficient (Wildman–Crippen LogP) is 4.11. The van der Waals surface area contributed by atoms with Gasteiger partial charge in [-0.25, -0.2) is 14.1 Å². The van der Waals surface area contributed by atoms with E-state index in [-0.39, 0.29) is 30.2 Å². The Morgan fingerprint density at radius 3 is 2.62 bits per heavy atom. The highest BCUT2D eigenvalue weighted by Gasteiger charge is 2.28. The third-order valence-corrected chi connectivity index (χ3v) is 7.66. The first-order valence-electron chi connectivity index (χ1n) is 13.0. The average Bonchev–Trinajstić information content (AvgIpc) is 3.68. The van der Waals surface area contributed by atoms with Crippen LogP contribution in [-0.4, -0.2) is 55.8 Å². The average molecular weight is 548 g/mol. The van der Waals surface area contributed by atoms with Crippen molar-refractivity contribution < 1.29 is 14.0 Å². The maximum absolute atomic E-state index is 13.9. The van der Waals surface area contributed by atoms with E-state index < -0.39 is 0 Å². The number of nitrogens with one attached hydrogen (secondary N) is 1. The van der Waals surface area contributed by atoms with Crippen LogP contribution < -0.4 is 11.1 Å². The van der Waals surface area contributed by atoms with Gasteiger partial charge in [0, 0.05) is 47.8 Å². The number of likely N-dealkylation sites (tertiary alicyclic amines) is 1. The number of hydrogen-bond acceptors (Lipinski definition) is 6. The van der Waals surface area contributed by atoms with Gasteiger partial charge in [-0.1, -0.05) is 22.9 Å². The van der Waals surface area contributed by atoms with Crippen molar-refractivity contribution in [3.8, 4) is 11.3 Å². The van der Waals surface area contributed by atoms with Gasteiger partial charge in [0.15, 0.2) is 5.69 Å². The number of carbonyl (C=O) groups excluding carboxylic acids is 2. The Labute approximate surface area is 229 Å². The van der Waals surface area contributed by atoms with Crippen molar-refractivity contribution in [1.82, 2.24) is 30.2 Å². The second kappa shape index (κ2) is 10.3. The number of fused-ring (bicyclic) bond motifs is 1. The molecule has 200 valence electrons. The van der Waals surface area contributed by atoms with Crippen LogP contribution in [0.15, 0.2) is 48.7 Å². The van der Waals surface area contributed by atoms with E-state index in [4.69, 9.17) is 22.3 Å². The summed E-state index contributed by atoms with van der Waals surface area (Å²) in [7, 11) is 0. The molecule has 2 fully saturated rings. The molecule has 0 spiro atoms. The summed E-state index contributed by atoms with van der Waals surface area (Å²) in [5.74, 6) is -0.713. The predicted molar refractivity (Wildman–Crippen MR) is 145 cm³/mol. The van der Waals surface area contributed by atoms with Crippen LogP contribution in [0.5, 0.6) is 0 Å². The number of aromatic nitrogens is 4. The number of nitrogens with zero attached hydrogens (tertiary/aromatic N) is 5. The molecule has 0 unspecified atom stereocenters. The van der Waals surface area contributed by atoms with Crippen molar-refractivity contribution in [1.29, 1.82) is 0 Å². The molecule has 0 radical (unpaired) electrons. The minimum absolute atomic E-state index is 0.0404. The first-order chi connectivity index (χ1) is 18.9. The lowest BCUT2D eigenvalue weighted by Gasteiger charge is -2.32. The summed E-state index contributed by atoms with van der Waals surface area (Å²) >= 11 is 6.54. The Morgan fingerprint density at radius 1 is 1.08 bits per heavy atom. The third-order valence-electron chi connectivity index (χ3n) is 7.35. The molecule has 2 aromatic carbocycles. The Balaban J connectivity index is 1.14. The van der Waals surface area contributed by atoms with Crippen molar-refractivity contribution in [2.45, 2.75) is 44.3 Å². The summed E-state index contributed by atoms with van der Waals surface area (Å²) < 4.78 is 15.7. The highest BCUT2D eigenvalue weighted by molar-refractivity contribution is 6.35. The van der Waals surface area contributed by atoms with E-state index in [0.717, 1.165) is 18.2 Å². The summed E-state index contributed by atoms with van der Waals surface area (Å²) in [6, 6.07) is 12.0. The second-order valence-corrected chi connectivity index (χ2v) is 10.5. The van der Waals surface area contributed by atoms with Gasteiger partial charge in [0.2, 0.25) is 0 Å². The minimum atomic E-state index is -0.370. The molecule has 0 atom stereocenters. The second-order valence-electron chi connectivity index (χ2n) is 10.1. The van der Waals surface area contributed by atoms with Crippen molar-refractivity contribution in [2.75, 3.05) is 13.1 Å². The summed E-state index contributed by atoms with van der Waals surface area (Å²) in [6.07, 6.45) is 5.13. The molecular weight excluding hydrogens is 521 g/mol. The van der Waals surface area contributed by atoms with E-state index in [0.29, 0.717) is 70.6 Å². The van der Waals surface area contributed by atoms with E-state index in [2.05, 4.69) is 15.6 Å². The fourth-order valence-electron chi connectivity index (χ4n) is 4.92. The molecule has 6 rings (SSSR count). The van der Waals surface area contributed by atoms with Crippen molar-refractivity contribution in [2.24, 2.45) is 5.73 Å². The van der Waals surface area contributed by atoms with Gasteiger partial charge in [0.05, 0.1) is 28.5 Å². The molecule has 2 aliphatic rings. The van der Waals surface area contributed by atoms with E-state index in [1.165, 1.54) is 6.07 Å². The molecule has 0 bridgehead atoms. The Bertz CT molecular complexity index is 1580. The quantitative estimate of drug-likeness (QED) is 0.375. The number of pyridine rings is 1. The van der Waals surface area contributed by atoms with Gasteiger partial charge in [-0.3, -0.25) is 9.59 Å². The highest BCUT2D eigenvalue weighted by atomic mass is 35.5. The molecule has 9 nitrogen and oxygen atoms in total. The van der Waals surface area contributed by atoms with E-state index >= 15 is 0 Å². The van der Waals surface area contributed by atoms with E-state index in [9.17, 15) is 14.0 Å². The van der Waals surface area contributed by atoms with Gasteiger partial charge < -0.3 is 16.0 Å². The molecule has 1 saturated heterocycles. The highest BCUT2D eigenvalue weighted by Crippen LogP contribution is 2.34. The number of hydrogen-bond donors (Lipinski definition) is 2. The number of piperidine rings is 1. The van der Waals surface area contributed by atoms with Crippen LogP contribution in [0, 0.1) is 5.82 Å². The minimum Gasteiger partial charge on any atom is -0.348 e. The molecule has 2 amide bonds. The number of nitrogens with two attached hydrogens (primary N) is 1. The van der Waals surface area contributed by atoms with Gasteiger partial charge in [-0.2, -0.15) is 0 Å². The van der Waals surface area contributed by atoms with Crippen molar-refractivity contribution in [3.05, 3.63) is 76.3 Å². The molecule has 3 N–H and O–H groups in total. The summed E-state index contributed by atoms with van der Waals surface area (Å²) in [5, 5.41) is 12.3. The van der Waals surface area contributed by atoms with Crippen LogP contribution in [-0.2, 0) is 6.54 Å². The van der Waals surface area contributed by atoms with Crippen LogP contribution in [0.2, 0.25) is 5.02 Å². The zero-order chi connectivity index (χ0) is 27.1. The smallest absolute Gasteiger partial charge is 0.273 e. The molecule has 39 heavy (non-hydrogen) atoms. The maximum atomic E-state index is 13.9. The van der Waals surface area contributed by atoms with Gasteiger partial charge in [-0.05, 0) is 62.1 Å². The summed E-state index contributed by atoms with van der Waals surface area (Å²) in [5.41, 5.74) is 8.70. The topological polar surface area (TPSA) is 119 Å². The number of amides is 2. The number of benzene rings is 2. The van der Waals surface area contributed by atoms with Crippen LogP contribution in [0.25, 0.3) is 22.2 Å². The summed E-state index contributed by atoms with van der Waals surface area (Å²) in [6.45, 7) is 1.10. The summed E-state index contributed by atoms with van der Waals surface area (Å²) in [4.78, 5) is 32.4. The van der Waals surface area contributed by atoms with Gasteiger partial charge >= 0.3 is 0 Å². The standard InChI is InChI=1S/C28H27ClFN7O2/c29-22-13-24(16-2-6-23(30)18(11-16)14-31)33-25-12-17(1-5-21(22)25)28(39)36-9-7-19(8-10-36)32-27(38)26-15-37(35-34-26)20-3-4-20/h1-2,5-6,11-13,15,19-20H,3-4,7-10,14,31H2,(H,32,38). The maximum Gasteiger partial charge on any atom is 0.273 e. The molecule has 4 aromatic rings. The van der Waals surface area contributed by atoms with Crippen molar-refractivity contribution >= 4 is 34.3 Å². The largest absolute Gasteiger partial charge is 0.348 e. The van der Waals surface area contributed by atoms with Crippen LogP contribution in [0.3, 0.4) is 0 Å². The van der Waals surface area contributed by atoms with Gasteiger partial charge in [0.1, 0.15) is 5.82 Å². The molecule has 2 aromatic heterocycles. The molecule has 3 heterocycles. The Hall–Kier alpha value is -3.89. The molecule has 11 heteroatoms. The van der Waals surface area contributed by atoms with Crippen LogP contribution in [0.1, 0.15) is 58.1 Å². The normalized spacial score (nSPS) is 16.0. The van der Waals surface area contributed by atoms with Gasteiger partial charge in [0.25, 0.3) is 11.8 Å². The van der Waals surface area contributed by atoms with Crippen LogP contribution >= 0.6 is 11.6 Å². The SMILES string of the molecule is NCc1cc(-c2cc(Cl)c3ccc(C(=O)N4CCC(NC(=O)c5cn(C6CC6)nn5)CC4)cc3n2)ccc1F. The number of carbonyl (C=O) groups is 2. The lowest BCUT2D eigenvalue weighted by atomic mass is 10.0. The van der Waals surface area contributed by atoms with E-state index in [1.54, 1.807) is 52.2 Å². The lowest BCUT2D eigenvalue weighted by molar-refractivity contribution is 0.0698. The fraction of sp³-hybridized carbons (Fsp3) is 0.321. The number of halogens is 2. The van der Waals surface area contributed by atoms with E-state index in [1.807, 2.05) is 0 Å².